The molecule has 17 heavy (non-hydrogen) atoms. The summed E-state index contributed by atoms with van der Waals surface area (Å²) in [6.07, 6.45) is 0. The molecule has 1 atom stereocenters. The molecule has 96 valence electrons. The van der Waals surface area contributed by atoms with E-state index in [1.165, 1.54) is 5.56 Å². The van der Waals surface area contributed by atoms with Crippen LogP contribution in [0.1, 0.15) is 25.5 Å². The van der Waals surface area contributed by atoms with Gasteiger partial charge in [0.25, 0.3) is 0 Å². The Bertz CT molecular complexity index is 368. The number of nitrogens with two attached hydrogens (primary N) is 1. The Morgan fingerprint density at radius 1 is 1.41 bits per heavy atom. The molecule has 0 aliphatic heterocycles. The second-order valence-electron chi connectivity index (χ2n) is 4.76. The molecule has 1 unspecified atom stereocenters. The Balaban J connectivity index is 2.89. The summed E-state index contributed by atoms with van der Waals surface area (Å²) >= 11 is 9.45. The molecule has 0 saturated heterocycles. The zero-order valence-electron chi connectivity index (χ0n) is 10.6. The summed E-state index contributed by atoms with van der Waals surface area (Å²) in [4.78, 5) is 2.29. The van der Waals surface area contributed by atoms with Gasteiger partial charge in [0.05, 0.1) is 5.02 Å². The highest BCUT2D eigenvalue weighted by Gasteiger charge is 2.16. The van der Waals surface area contributed by atoms with Crippen molar-refractivity contribution in [2.24, 2.45) is 11.7 Å². The van der Waals surface area contributed by atoms with Gasteiger partial charge in [0.15, 0.2) is 0 Å². The molecule has 0 bridgehead atoms. The van der Waals surface area contributed by atoms with Gasteiger partial charge in [-0.05, 0) is 46.6 Å². The Labute approximate surface area is 117 Å². The zero-order chi connectivity index (χ0) is 13.0. The van der Waals surface area contributed by atoms with Crippen LogP contribution in [0.3, 0.4) is 0 Å². The molecule has 0 amide bonds. The molecule has 0 spiro atoms. The predicted octanol–water partition coefficient (Wildman–Crippen LogP) is 3.69. The first-order valence-electron chi connectivity index (χ1n) is 5.81. The van der Waals surface area contributed by atoms with Crippen LogP contribution in [0, 0.1) is 5.92 Å². The Hall–Kier alpha value is -0.0900. The van der Waals surface area contributed by atoms with Gasteiger partial charge in [0, 0.05) is 23.6 Å². The number of benzene rings is 1. The summed E-state index contributed by atoms with van der Waals surface area (Å²) in [6.45, 7) is 6.06. The van der Waals surface area contributed by atoms with Gasteiger partial charge in [-0.1, -0.05) is 31.5 Å². The lowest BCUT2D eigenvalue weighted by Crippen LogP contribution is -2.33. The van der Waals surface area contributed by atoms with Crippen molar-refractivity contribution >= 4 is 27.5 Å². The van der Waals surface area contributed by atoms with Crippen LogP contribution >= 0.6 is 27.5 Å². The Kier molecular flexibility index (Phi) is 5.93. The van der Waals surface area contributed by atoms with Crippen LogP contribution in [0.25, 0.3) is 0 Å². The molecule has 1 rings (SSSR count). The van der Waals surface area contributed by atoms with E-state index in [9.17, 15) is 0 Å². The molecule has 0 radical (unpaired) electrons. The number of likely N-dealkylation sites (N-methyl/N-ethyl adjacent to an activating group) is 1. The van der Waals surface area contributed by atoms with Gasteiger partial charge in [-0.25, -0.2) is 0 Å². The molecule has 0 fully saturated rings. The first-order valence-corrected chi connectivity index (χ1v) is 6.98. The maximum atomic E-state index is 6.00. The van der Waals surface area contributed by atoms with E-state index < -0.39 is 0 Å². The fraction of sp³-hybridized carbons (Fsp3) is 0.538. The maximum absolute atomic E-state index is 6.00. The zero-order valence-corrected chi connectivity index (χ0v) is 12.9. The third-order valence-corrected chi connectivity index (χ3v) is 3.95. The fourth-order valence-corrected chi connectivity index (χ4v) is 2.51. The van der Waals surface area contributed by atoms with Crippen molar-refractivity contribution in [3.63, 3.8) is 0 Å². The molecule has 2 N–H and O–H groups in total. The van der Waals surface area contributed by atoms with Gasteiger partial charge in [0.1, 0.15) is 0 Å². The van der Waals surface area contributed by atoms with Crippen molar-refractivity contribution in [1.82, 2.24) is 4.90 Å². The van der Waals surface area contributed by atoms with Crippen LogP contribution in [0.2, 0.25) is 5.02 Å². The van der Waals surface area contributed by atoms with E-state index in [1.807, 2.05) is 12.1 Å². The van der Waals surface area contributed by atoms with E-state index in [4.69, 9.17) is 17.3 Å². The van der Waals surface area contributed by atoms with Crippen molar-refractivity contribution in [2.45, 2.75) is 19.9 Å². The second-order valence-corrected chi connectivity index (χ2v) is 6.02. The van der Waals surface area contributed by atoms with Crippen molar-refractivity contribution in [2.75, 3.05) is 20.1 Å². The number of hydrogen-bond donors (Lipinski definition) is 1. The maximum Gasteiger partial charge on any atom is 0.0548 e. The molecule has 0 saturated carbocycles. The van der Waals surface area contributed by atoms with Crippen molar-refractivity contribution in [3.05, 3.63) is 33.3 Å². The third kappa shape index (κ3) is 4.25. The molecule has 4 heteroatoms. The molecular formula is C13H20BrClN2. The average Bonchev–Trinajstić information content (AvgIpc) is 2.23. The van der Waals surface area contributed by atoms with Crippen molar-refractivity contribution in [1.29, 1.82) is 0 Å². The topological polar surface area (TPSA) is 29.3 Å². The lowest BCUT2D eigenvalue weighted by atomic mass is 10.0. The molecule has 0 aromatic heterocycles. The summed E-state index contributed by atoms with van der Waals surface area (Å²) < 4.78 is 0.924. The highest BCUT2D eigenvalue weighted by atomic mass is 79.9. The van der Waals surface area contributed by atoms with Crippen molar-refractivity contribution in [3.8, 4) is 0 Å². The Morgan fingerprint density at radius 3 is 2.53 bits per heavy atom. The lowest BCUT2D eigenvalue weighted by molar-refractivity contribution is 0.223. The van der Waals surface area contributed by atoms with Crippen LogP contribution in [0.4, 0.5) is 0 Å². The quantitative estimate of drug-likeness (QED) is 0.897. The molecular weight excluding hydrogens is 300 g/mol. The highest BCUT2D eigenvalue weighted by Crippen LogP contribution is 2.28. The van der Waals surface area contributed by atoms with E-state index in [-0.39, 0.29) is 6.04 Å². The summed E-state index contributed by atoms with van der Waals surface area (Å²) in [5.74, 6) is 0.629. The van der Waals surface area contributed by atoms with Crippen LogP contribution in [0.5, 0.6) is 0 Å². The van der Waals surface area contributed by atoms with Crippen molar-refractivity contribution < 1.29 is 0 Å². The van der Waals surface area contributed by atoms with E-state index in [0.29, 0.717) is 12.5 Å². The average molecular weight is 320 g/mol. The van der Waals surface area contributed by atoms with Gasteiger partial charge in [-0.3, -0.25) is 4.90 Å². The van der Waals surface area contributed by atoms with Crippen LogP contribution in [-0.4, -0.2) is 25.0 Å². The van der Waals surface area contributed by atoms with E-state index in [0.717, 1.165) is 16.0 Å². The minimum atomic E-state index is 0.242. The van der Waals surface area contributed by atoms with Gasteiger partial charge < -0.3 is 5.73 Å². The summed E-state index contributed by atoms with van der Waals surface area (Å²) in [6, 6.07) is 6.25. The number of rotatable bonds is 5. The minimum Gasteiger partial charge on any atom is -0.329 e. The third-order valence-electron chi connectivity index (χ3n) is 2.74. The SMILES string of the molecule is CC(C)CN(C)C(CN)c1ccc(Cl)c(Br)c1. The molecule has 0 aliphatic rings. The normalized spacial score (nSPS) is 13.4. The van der Waals surface area contributed by atoms with Gasteiger partial charge in [0.2, 0.25) is 0 Å². The van der Waals surface area contributed by atoms with Crippen LogP contribution < -0.4 is 5.73 Å². The first kappa shape index (κ1) is 15.0. The van der Waals surface area contributed by atoms with E-state index in [1.54, 1.807) is 0 Å². The van der Waals surface area contributed by atoms with Gasteiger partial charge in [-0.2, -0.15) is 0 Å². The summed E-state index contributed by atoms with van der Waals surface area (Å²) in [5.41, 5.74) is 7.08. The molecule has 1 aromatic rings. The van der Waals surface area contributed by atoms with E-state index >= 15 is 0 Å². The molecule has 2 nitrogen and oxygen atoms in total. The van der Waals surface area contributed by atoms with Gasteiger partial charge in [-0.15, -0.1) is 0 Å². The Morgan fingerprint density at radius 2 is 2.06 bits per heavy atom. The first-order chi connectivity index (χ1) is 7.95. The number of halogens is 2. The summed E-state index contributed by atoms with van der Waals surface area (Å²) in [7, 11) is 2.11. The number of nitrogens with zero attached hydrogens (tertiary/aromatic N) is 1. The molecule has 1 aromatic carbocycles. The fourth-order valence-electron chi connectivity index (χ4n) is 1.99. The predicted molar refractivity (Wildman–Crippen MR) is 78.4 cm³/mol. The van der Waals surface area contributed by atoms with Gasteiger partial charge >= 0.3 is 0 Å². The lowest BCUT2D eigenvalue weighted by Gasteiger charge is -2.29. The van der Waals surface area contributed by atoms with E-state index in [2.05, 4.69) is 47.8 Å². The highest BCUT2D eigenvalue weighted by molar-refractivity contribution is 9.10. The monoisotopic (exact) mass is 318 g/mol. The second kappa shape index (κ2) is 6.74. The number of hydrogen-bond acceptors (Lipinski definition) is 2. The summed E-state index contributed by atoms with van der Waals surface area (Å²) in [5, 5.41) is 0.732. The smallest absolute Gasteiger partial charge is 0.0548 e. The van der Waals surface area contributed by atoms with Crippen LogP contribution in [-0.2, 0) is 0 Å². The molecule has 0 aliphatic carbocycles. The van der Waals surface area contributed by atoms with Crippen LogP contribution in [0.15, 0.2) is 22.7 Å². The largest absolute Gasteiger partial charge is 0.329 e. The standard InChI is InChI=1S/C13H20BrClN2/c1-9(2)8-17(3)13(7-16)10-4-5-12(15)11(14)6-10/h4-6,9,13H,7-8,16H2,1-3H3. The minimum absolute atomic E-state index is 0.242. The molecule has 0 heterocycles.